The fourth-order valence-electron chi connectivity index (χ4n) is 3.87. The molecule has 0 radical (unpaired) electrons. The van der Waals surface area contributed by atoms with Gasteiger partial charge in [0.2, 0.25) is 0 Å². The van der Waals surface area contributed by atoms with Crippen LogP contribution >= 0.6 is 0 Å². The number of hydrogen-bond acceptors (Lipinski definition) is 2. The Kier molecular flexibility index (Phi) is 5.15. The highest BCUT2D eigenvalue weighted by Crippen LogP contribution is 2.37. The first-order chi connectivity index (χ1) is 11.6. The molecule has 3 rings (SSSR count). The maximum atomic E-state index is 12.5. The Hall–Kier alpha value is -1.93. The zero-order valence-electron chi connectivity index (χ0n) is 15.0. The van der Waals surface area contributed by atoms with Crippen molar-refractivity contribution in [3.63, 3.8) is 0 Å². The lowest BCUT2D eigenvalue weighted by Crippen LogP contribution is -2.21. The van der Waals surface area contributed by atoms with Crippen LogP contribution in [0.5, 0.6) is 0 Å². The number of carbonyl (C=O) groups is 1. The maximum Gasteiger partial charge on any atom is 0.151 e. The Morgan fingerprint density at radius 1 is 1.04 bits per heavy atom. The van der Waals surface area contributed by atoms with Crippen molar-refractivity contribution in [3.05, 3.63) is 70.8 Å². The number of aryl methyl sites for hydroxylation is 3. The first-order valence-corrected chi connectivity index (χ1v) is 8.90. The average Bonchev–Trinajstić information content (AvgIpc) is 2.85. The Bertz CT molecular complexity index is 707. The highest BCUT2D eigenvalue weighted by Gasteiger charge is 2.39. The van der Waals surface area contributed by atoms with Crippen LogP contribution in [-0.4, -0.2) is 24.3 Å². The van der Waals surface area contributed by atoms with Crippen LogP contribution in [0, 0.1) is 19.8 Å². The van der Waals surface area contributed by atoms with E-state index in [-0.39, 0.29) is 12.0 Å². The van der Waals surface area contributed by atoms with Crippen LogP contribution in [0.25, 0.3) is 0 Å². The molecule has 0 spiro atoms. The van der Waals surface area contributed by atoms with Gasteiger partial charge in [-0.25, -0.2) is 0 Å². The van der Waals surface area contributed by atoms with Gasteiger partial charge in [-0.1, -0.05) is 48.5 Å². The van der Waals surface area contributed by atoms with E-state index < -0.39 is 0 Å². The van der Waals surface area contributed by atoms with Crippen LogP contribution < -0.4 is 0 Å². The normalized spacial score (nSPS) is 21.4. The molecule has 2 aromatic carbocycles. The third kappa shape index (κ3) is 3.59. The largest absolute Gasteiger partial charge is 0.298 e. The van der Waals surface area contributed by atoms with Crippen molar-refractivity contribution < 1.29 is 4.79 Å². The molecule has 1 saturated heterocycles. The lowest BCUT2D eigenvalue weighted by atomic mass is 9.87. The molecule has 0 bridgehead atoms. The molecule has 24 heavy (non-hydrogen) atoms. The van der Waals surface area contributed by atoms with E-state index in [4.69, 9.17) is 0 Å². The van der Waals surface area contributed by atoms with Crippen molar-refractivity contribution in [2.75, 3.05) is 13.6 Å². The predicted octanol–water partition coefficient (Wildman–Crippen LogP) is 4.50. The lowest BCUT2D eigenvalue weighted by Gasteiger charge is -2.25. The summed E-state index contributed by atoms with van der Waals surface area (Å²) in [6, 6.07) is 17.4. The van der Waals surface area contributed by atoms with Gasteiger partial charge in [-0.3, -0.25) is 9.69 Å². The first-order valence-electron chi connectivity index (χ1n) is 8.90. The quantitative estimate of drug-likeness (QED) is 0.808. The van der Waals surface area contributed by atoms with Gasteiger partial charge in [-0.2, -0.15) is 0 Å². The molecule has 1 aliphatic rings. The smallest absolute Gasteiger partial charge is 0.151 e. The van der Waals surface area contributed by atoms with Gasteiger partial charge < -0.3 is 0 Å². The summed E-state index contributed by atoms with van der Waals surface area (Å²) in [4.78, 5) is 14.7. The minimum atomic E-state index is 0.126. The zero-order chi connectivity index (χ0) is 17.1. The van der Waals surface area contributed by atoms with Gasteiger partial charge in [0.15, 0.2) is 5.78 Å². The van der Waals surface area contributed by atoms with Gasteiger partial charge in [0, 0.05) is 12.0 Å². The zero-order valence-corrected chi connectivity index (χ0v) is 15.0. The summed E-state index contributed by atoms with van der Waals surface area (Å²) >= 11 is 0. The molecule has 2 heteroatoms. The molecular weight excluding hydrogens is 294 g/mol. The van der Waals surface area contributed by atoms with Crippen molar-refractivity contribution in [2.45, 2.75) is 39.2 Å². The summed E-state index contributed by atoms with van der Waals surface area (Å²) in [7, 11) is 2.08. The van der Waals surface area contributed by atoms with Gasteiger partial charge >= 0.3 is 0 Å². The van der Waals surface area contributed by atoms with Gasteiger partial charge in [0.05, 0.1) is 6.54 Å². The average molecular weight is 321 g/mol. The number of nitrogens with zero attached hydrogens (tertiary/aromatic N) is 1. The van der Waals surface area contributed by atoms with Gasteiger partial charge in [0.25, 0.3) is 0 Å². The summed E-state index contributed by atoms with van der Waals surface area (Å²) in [5, 5.41) is 0. The van der Waals surface area contributed by atoms with Crippen molar-refractivity contribution in [1.29, 1.82) is 0 Å². The van der Waals surface area contributed by atoms with Gasteiger partial charge in [-0.05, 0) is 62.4 Å². The molecule has 0 aromatic heterocycles. The number of ketones is 1. The minimum absolute atomic E-state index is 0.126. The van der Waals surface area contributed by atoms with E-state index in [0.29, 0.717) is 12.3 Å². The fourth-order valence-corrected chi connectivity index (χ4v) is 3.87. The van der Waals surface area contributed by atoms with Crippen LogP contribution in [-0.2, 0) is 11.2 Å². The topological polar surface area (TPSA) is 20.3 Å². The second-order valence-corrected chi connectivity index (χ2v) is 7.15. The Labute approximate surface area is 145 Å². The van der Waals surface area contributed by atoms with Gasteiger partial charge in [-0.15, -0.1) is 0 Å². The highest BCUT2D eigenvalue weighted by molar-refractivity contribution is 5.86. The second-order valence-electron chi connectivity index (χ2n) is 7.15. The Morgan fingerprint density at radius 2 is 1.79 bits per heavy atom. The van der Waals surface area contributed by atoms with E-state index in [1.807, 2.05) is 0 Å². The molecule has 2 nitrogen and oxygen atoms in total. The monoisotopic (exact) mass is 321 g/mol. The molecule has 0 N–H and O–H groups in total. The number of hydrogen-bond donors (Lipinski definition) is 0. The number of likely N-dealkylation sites (tertiary alicyclic amines) is 1. The fraction of sp³-hybridized carbons (Fsp3) is 0.409. The number of benzene rings is 2. The van der Waals surface area contributed by atoms with E-state index in [9.17, 15) is 4.79 Å². The van der Waals surface area contributed by atoms with Crippen molar-refractivity contribution in [2.24, 2.45) is 5.92 Å². The van der Waals surface area contributed by atoms with E-state index in [1.165, 1.54) is 22.3 Å². The molecule has 2 atom stereocenters. The van der Waals surface area contributed by atoms with Crippen LogP contribution in [0.15, 0.2) is 48.5 Å². The molecule has 2 aromatic rings. The number of rotatable bonds is 5. The third-order valence-corrected chi connectivity index (χ3v) is 5.37. The van der Waals surface area contributed by atoms with Crippen molar-refractivity contribution in [3.8, 4) is 0 Å². The summed E-state index contributed by atoms with van der Waals surface area (Å²) in [6.07, 6.45) is 3.08. The molecule has 1 heterocycles. The molecule has 2 unspecified atom stereocenters. The van der Waals surface area contributed by atoms with Crippen LogP contribution in [0.4, 0.5) is 0 Å². The molecule has 0 aliphatic carbocycles. The molecular formula is C22H27NO. The Morgan fingerprint density at radius 3 is 2.50 bits per heavy atom. The highest BCUT2D eigenvalue weighted by atomic mass is 16.1. The number of likely N-dealkylation sites (N-methyl/N-ethyl adjacent to an activating group) is 1. The summed E-state index contributed by atoms with van der Waals surface area (Å²) in [5.41, 5.74) is 5.27. The molecule has 0 saturated carbocycles. The van der Waals surface area contributed by atoms with E-state index >= 15 is 0 Å². The van der Waals surface area contributed by atoms with E-state index in [1.54, 1.807) is 0 Å². The first kappa shape index (κ1) is 16.9. The van der Waals surface area contributed by atoms with Crippen LogP contribution in [0.3, 0.4) is 0 Å². The summed E-state index contributed by atoms with van der Waals surface area (Å²) < 4.78 is 0. The maximum absolute atomic E-state index is 12.5. The Balaban J connectivity index is 1.72. The second kappa shape index (κ2) is 7.31. The standard InChI is InChI=1S/C22H27NO/c1-16-12-13-19(14-17(16)2)22-20(21(24)15-23(22)3)11-7-10-18-8-5-4-6-9-18/h4-6,8-9,12-14,20,22H,7,10-11,15H2,1-3H3. The molecule has 126 valence electrons. The third-order valence-electron chi connectivity index (χ3n) is 5.37. The summed E-state index contributed by atoms with van der Waals surface area (Å²) in [5.74, 6) is 0.523. The SMILES string of the molecule is Cc1ccc(C2C(CCCc3ccccc3)C(=O)CN2C)cc1C. The number of carbonyl (C=O) groups excluding carboxylic acids is 1. The number of Topliss-reactive ketones (excluding diaryl/α,β-unsaturated/α-hetero) is 1. The predicted molar refractivity (Wildman–Crippen MR) is 99.2 cm³/mol. The van der Waals surface area contributed by atoms with Gasteiger partial charge in [0.1, 0.15) is 0 Å². The molecule has 1 fully saturated rings. The van der Waals surface area contributed by atoms with Crippen molar-refractivity contribution in [1.82, 2.24) is 4.90 Å². The molecule has 1 aliphatic heterocycles. The van der Waals surface area contributed by atoms with Crippen LogP contribution in [0.1, 0.15) is 41.1 Å². The van der Waals surface area contributed by atoms with E-state index in [2.05, 4.69) is 74.3 Å². The minimum Gasteiger partial charge on any atom is -0.298 e. The summed E-state index contributed by atoms with van der Waals surface area (Å²) in [6.45, 7) is 4.87. The molecule has 0 amide bonds. The van der Waals surface area contributed by atoms with Crippen LogP contribution in [0.2, 0.25) is 0 Å². The van der Waals surface area contributed by atoms with E-state index in [0.717, 1.165) is 19.3 Å². The lowest BCUT2D eigenvalue weighted by molar-refractivity contribution is -0.120. The van der Waals surface area contributed by atoms with Crippen molar-refractivity contribution >= 4 is 5.78 Å².